The first kappa shape index (κ1) is 15.3. The molecule has 0 aliphatic heterocycles. The lowest BCUT2D eigenvalue weighted by Crippen LogP contribution is -2.44. The molecule has 1 atom stereocenters. The van der Waals surface area contributed by atoms with Crippen LogP contribution >= 0.6 is 0 Å². The molecular formula is C14H22N2O3S. The zero-order valence-corrected chi connectivity index (χ0v) is 12.5. The van der Waals surface area contributed by atoms with E-state index in [1.54, 1.807) is 18.2 Å². The molecular weight excluding hydrogens is 276 g/mol. The Morgan fingerprint density at radius 1 is 1.40 bits per heavy atom. The summed E-state index contributed by atoms with van der Waals surface area (Å²) in [5, 5.41) is 0. The lowest BCUT2D eigenvalue weighted by Gasteiger charge is -2.23. The topological polar surface area (TPSA) is 81.4 Å². The van der Waals surface area contributed by atoms with Crippen molar-refractivity contribution in [3.05, 3.63) is 24.3 Å². The van der Waals surface area contributed by atoms with Gasteiger partial charge in [0, 0.05) is 18.7 Å². The molecule has 1 unspecified atom stereocenters. The molecule has 6 heteroatoms. The van der Waals surface area contributed by atoms with E-state index < -0.39 is 10.0 Å². The summed E-state index contributed by atoms with van der Waals surface area (Å²) in [6.07, 6.45) is 4.40. The summed E-state index contributed by atoms with van der Waals surface area (Å²) in [4.78, 5) is 0.216. The minimum Gasteiger partial charge on any atom is -0.497 e. The van der Waals surface area contributed by atoms with E-state index in [4.69, 9.17) is 10.5 Å². The molecule has 5 nitrogen and oxygen atoms in total. The van der Waals surface area contributed by atoms with Gasteiger partial charge in [0.15, 0.2) is 0 Å². The molecule has 0 radical (unpaired) electrons. The highest BCUT2D eigenvalue weighted by Gasteiger charge is 2.28. The average molecular weight is 298 g/mol. The van der Waals surface area contributed by atoms with Crippen LogP contribution in [0, 0.1) is 5.92 Å². The zero-order valence-electron chi connectivity index (χ0n) is 11.7. The molecule has 0 saturated heterocycles. The maximum Gasteiger partial charge on any atom is 0.241 e. The third-order valence-electron chi connectivity index (χ3n) is 3.88. The van der Waals surface area contributed by atoms with Crippen LogP contribution in [0.1, 0.15) is 25.7 Å². The fourth-order valence-corrected chi connectivity index (χ4v) is 4.08. The van der Waals surface area contributed by atoms with Gasteiger partial charge in [-0.15, -0.1) is 0 Å². The quantitative estimate of drug-likeness (QED) is 0.833. The van der Waals surface area contributed by atoms with Crippen molar-refractivity contribution in [2.75, 3.05) is 13.7 Å². The Labute approximate surface area is 120 Å². The maximum absolute atomic E-state index is 12.4. The fraction of sp³-hybridized carbons (Fsp3) is 0.571. The fourth-order valence-electron chi connectivity index (χ4n) is 2.73. The van der Waals surface area contributed by atoms with E-state index in [0.29, 0.717) is 18.2 Å². The van der Waals surface area contributed by atoms with Crippen LogP contribution in [0.3, 0.4) is 0 Å². The van der Waals surface area contributed by atoms with Gasteiger partial charge in [0.2, 0.25) is 10.0 Å². The van der Waals surface area contributed by atoms with Crippen LogP contribution in [0.2, 0.25) is 0 Å². The van der Waals surface area contributed by atoms with E-state index in [1.807, 2.05) is 0 Å². The van der Waals surface area contributed by atoms with Crippen molar-refractivity contribution in [1.82, 2.24) is 4.72 Å². The summed E-state index contributed by atoms with van der Waals surface area (Å²) < 4.78 is 32.6. The second kappa shape index (κ2) is 6.56. The van der Waals surface area contributed by atoms with Crippen LogP contribution in [-0.2, 0) is 10.0 Å². The number of sulfonamides is 1. The van der Waals surface area contributed by atoms with Gasteiger partial charge in [0.05, 0.1) is 12.0 Å². The monoisotopic (exact) mass is 298 g/mol. The first-order valence-corrected chi connectivity index (χ1v) is 8.41. The van der Waals surface area contributed by atoms with Crippen LogP contribution in [0.15, 0.2) is 29.2 Å². The predicted molar refractivity (Wildman–Crippen MR) is 78.1 cm³/mol. The van der Waals surface area contributed by atoms with Gasteiger partial charge in [0.1, 0.15) is 5.75 Å². The van der Waals surface area contributed by atoms with Crippen LogP contribution < -0.4 is 15.2 Å². The number of benzene rings is 1. The van der Waals surface area contributed by atoms with Gasteiger partial charge in [-0.2, -0.15) is 0 Å². The Hall–Kier alpha value is -1.11. The molecule has 1 aromatic carbocycles. The maximum atomic E-state index is 12.4. The molecule has 0 spiro atoms. The molecule has 3 N–H and O–H groups in total. The van der Waals surface area contributed by atoms with Crippen molar-refractivity contribution in [3.8, 4) is 5.75 Å². The van der Waals surface area contributed by atoms with Crippen LogP contribution in [0.25, 0.3) is 0 Å². The third-order valence-corrected chi connectivity index (χ3v) is 5.37. The smallest absolute Gasteiger partial charge is 0.241 e. The number of ether oxygens (including phenoxy) is 1. The Kier molecular flexibility index (Phi) is 5.01. The Morgan fingerprint density at radius 2 is 2.10 bits per heavy atom. The first-order valence-electron chi connectivity index (χ1n) is 6.93. The van der Waals surface area contributed by atoms with Crippen molar-refractivity contribution < 1.29 is 13.2 Å². The van der Waals surface area contributed by atoms with Crippen molar-refractivity contribution in [3.63, 3.8) is 0 Å². The van der Waals surface area contributed by atoms with Crippen LogP contribution in [0.5, 0.6) is 5.75 Å². The van der Waals surface area contributed by atoms with Crippen molar-refractivity contribution in [2.45, 2.75) is 36.6 Å². The molecule has 0 aromatic heterocycles. The molecule has 1 saturated carbocycles. The van der Waals surface area contributed by atoms with Crippen molar-refractivity contribution in [1.29, 1.82) is 0 Å². The molecule has 0 amide bonds. The number of nitrogens with one attached hydrogen (secondary N) is 1. The number of methoxy groups -OCH3 is 1. The van der Waals surface area contributed by atoms with Crippen LogP contribution in [-0.4, -0.2) is 28.1 Å². The highest BCUT2D eigenvalue weighted by atomic mass is 32.2. The largest absolute Gasteiger partial charge is 0.497 e. The van der Waals surface area contributed by atoms with E-state index in [0.717, 1.165) is 25.7 Å². The molecule has 1 aromatic rings. The molecule has 0 heterocycles. The highest BCUT2D eigenvalue weighted by Crippen LogP contribution is 2.28. The summed E-state index contributed by atoms with van der Waals surface area (Å²) in [6.45, 7) is 0.327. The Bertz CT molecular complexity index is 539. The second-order valence-corrected chi connectivity index (χ2v) is 6.90. The predicted octanol–water partition coefficient (Wildman–Crippen LogP) is 1.49. The van der Waals surface area contributed by atoms with Crippen molar-refractivity contribution >= 4 is 10.0 Å². The zero-order chi connectivity index (χ0) is 14.6. The van der Waals surface area contributed by atoms with Crippen molar-refractivity contribution in [2.24, 2.45) is 11.7 Å². The minimum absolute atomic E-state index is 0.186. The SMILES string of the molecule is COc1cccc(S(=O)(=O)NC(CN)C2CCCC2)c1. The number of hydrogen-bond donors (Lipinski definition) is 2. The second-order valence-electron chi connectivity index (χ2n) is 5.19. The van der Waals surface area contributed by atoms with Gasteiger partial charge in [-0.25, -0.2) is 13.1 Å². The van der Waals surface area contributed by atoms with E-state index in [9.17, 15) is 8.42 Å². The van der Waals surface area contributed by atoms with Gasteiger partial charge in [-0.3, -0.25) is 0 Å². The third kappa shape index (κ3) is 3.50. The summed E-state index contributed by atoms with van der Waals surface area (Å²) >= 11 is 0. The van der Waals surface area contributed by atoms with Gasteiger partial charge in [-0.1, -0.05) is 18.9 Å². The van der Waals surface area contributed by atoms with E-state index in [1.165, 1.54) is 13.2 Å². The molecule has 112 valence electrons. The minimum atomic E-state index is -3.55. The van der Waals surface area contributed by atoms with Crippen LogP contribution in [0.4, 0.5) is 0 Å². The molecule has 1 aliphatic carbocycles. The normalized spacial score (nSPS) is 18.1. The van der Waals surface area contributed by atoms with E-state index in [2.05, 4.69) is 4.72 Å². The molecule has 20 heavy (non-hydrogen) atoms. The Balaban J connectivity index is 2.16. The summed E-state index contributed by atoms with van der Waals surface area (Å²) in [7, 11) is -2.04. The summed E-state index contributed by atoms with van der Waals surface area (Å²) in [5.74, 6) is 0.874. The number of rotatable bonds is 6. The van der Waals surface area contributed by atoms with E-state index in [-0.39, 0.29) is 10.9 Å². The van der Waals surface area contributed by atoms with Gasteiger partial charge < -0.3 is 10.5 Å². The lowest BCUT2D eigenvalue weighted by atomic mass is 9.99. The van der Waals surface area contributed by atoms with E-state index >= 15 is 0 Å². The lowest BCUT2D eigenvalue weighted by molar-refractivity contribution is 0.404. The molecule has 1 aliphatic rings. The highest BCUT2D eigenvalue weighted by molar-refractivity contribution is 7.89. The van der Waals surface area contributed by atoms with Gasteiger partial charge in [0.25, 0.3) is 0 Å². The molecule has 2 rings (SSSR count). The molecule has 1 fully saturated rings. The summed E-state index contributed by atoms with van der Waals surface area (Å²) in [5.41, 5.74) is 5.74. The number of nitrogens with two attached hydrogens (primary N) is 1. The Morgan fingerprint density at radius 3 is 2.70 bits per heavy atom. The first-order chi connectivity index (χ1) is 9.56. The molecule has 0 bridgehead atoms. The van der Waals surface area contributed by atoms with Gasteiger partial charge >= 0.3 is 0 Å². The summed E-state index contributed by atoms with van der Waals surface area (Å²) in [6, 6.07) is 6.28. The number of hydrogen-bond acceptors (Lipinski definition) is 4. The van der Waals surface area contributed by atoms with Gasteiger partial charge in [-0.05, 0) is 30.9 Å². The standard InChI is InChI=1S/C14H22N2O3S/c1-19-12-7-4-8-13(9-12)20(17,18)16-14(10-15)11-5-2-3-6-11/h4,7-9,11,14,16H,2-3,5-6,10,15H2,1H3. The average Bonchev–Trinajstić information content (AvgIpc) is 2.99.